The lowest BCUT2D eigenvalue weighted by molar-refractivity contribution is 0.0690. The third-order valence-electron chi connectivity index (χ3n) is 5.75. The SMILES string of the molecule is C.C.NC(=O)c1c(-c2ccccc2Cl)nc2ccccn12.O=C(O)c1c(-c2ccccc2Cl)nc2ccccn12. The molecule has 6 aromatic rings. The molecule has 8 nitrogen and oxygen atoms in total. The average molecular weight is 576 g/mol. The van der Waals surface area contributed by atoms with Crippen molar-refractivity contribution >= 4 is 46.4 Å². The highest BCUT2D eigenvalue weighted by Gasteiger charge is 2.21. The highest BCUT2D eigenvalue weighted by Crippen LogP contribution is 2.31. The number of aromatic nitrogens is 4. The lowest BCUT2D eigenvalue weighted by Gasteiger charge is -2.03. The minimum absolute atomic E-state index is 0. The van der Waals surface area contributed by atoms with Crippen LogP contribution >= 0.6 is 23.2 Å². The third-order valence-corrected chi connectivity index (χ3v) is 6.41. The van der Waals surface area contributed by atoms with Gasteiger partial charge in [-0.3, -0.25) is 13.6 Å². The van der Waals surface area contributed by atoms with E-state index in [4.69, 9.17) is 28.9 Å². The maximum atomic E-state index is 11.7. The molecule has 204 valence electrons. The van der Waals surface area contributed by atoms with E-state index in [1.54, 1.807) is 63.7 Å². The van der Waals surface area contributed by atoms with Gasteiger partial charge in [-0.1, -0.05) is 86.6 Å². The fourth-order valence-electron chi connectivity index (χ4n) is 4.11. The topological polar surface area (TPSA) is 115 Å². The molecule has 0 saturated heterocycles. The van der Waals surface area contributed by atoms with Gasteiger partial charge in [0, 0.05) is 23.5 Å². The molecule has 4 heterocycles. The summed E-state index contributed by atoms with van der Waals surface area (Å²) < 4.78 is 3.21. The van der Waals surface area contributed by atoms with Crippen molar-refractivity contribution in [2.45, 2.75) is 14.9 Å². The number of carboxylic acid groups (broad SMARTS) is 1. The molecule has 0 saturated carbocycles. The van der Waals surface area contributed by atoms with E-state index in [-0.39, 0.29) is 20.5 Å². The molecule has 0 bridgehead atoms. The number of aromatic carboxylic acids is 1. The number of carboxylic acids is 1. The first-order valence-corrected chi connectivity index (χ1v) is 12.1. The molecule has 0 spiro atoms. The van der Waals surface area contributed by atoms with Crippen molar-refractivity contribution < 1.29 is 14.7 Å². The third kappa shape index (κ3) is 5.54. The van der Waals surface area contributed by atoms with Gasteiger partial charge in [-0.15, -0.1) is 0 Å². The Morgan fingerprint density at radius 1 is 0.650 bits per heavy atom. The normalized spacial score (nSPS) is 10.2. The summed E-state index contributed by atoms with van der Waals surface area (Å²) in [6.07, 6.45) is 3.43. The number of primary amides is 1. The number of nitrogens with zero attached hydrogens (tertiary/aromatic N) is 4. The second kappa shape index (κ2) is 12.5. The van der Waals surface area contributed by atoms with Crippen LogP contribution in [-0.4, -0.2) is 35.8 Å². The van der Waals surface area contributed by atoms with Crippen molar-refractivity contribution in [1.29, 1.82) is 0 Å². The molecule has 1 amide bonds. The Morgan fingerprint density at radius 2 is 1.05 bits per heavy atom. The van der Waals surface area contributed by atoms with Gasteiger partial charge in [0.05, 0.1) is 10.0 Å². The zero-order valence-electron chi connectivity index (χ0n) is 19.6. The quantitative estimate of drug-likeness (QED) is 0.227. The van der Waals surface area contributed by atoms with Crippen molar-refractivity contribution in [1.82, 2.24) is 18.8 Å². The fraction of sp³-hybridized carbons (Fsp3) is 0.0667. The first-order chi connectivity index (χ1) is 18.4. The smallest absolute Gasteiger partial charge is 0.355 e. The Labute approximate surface area is 241 Å². The summed E-state index contributed by atoms with van der Waals surface area (Å²) in [6.45, 7) is 0. The van der Waals surface area contributed by atoms with Crippen molar-refractivity contribution in [2.75, 3.05) is 0 Å². The fourth-order valence-corrected chi connectivity index (χ4v) is 4.56. The summed E-state index contributed by atoms with van der Waals surface area (Å²) in [7, 11) is 0. The largest absolute Gasteiger partial charge is 0.476 e. The van der Waals surface area contributed by atoms with E-state index in [1.807, 2.05) is 42.5 Å². The summed E-state index contributed by atoms with van der Waals surface area (Å²) in [5.41, 5.74) is 9.35. The van der Waals surface area contributed by atoms with E-state index in [2.05, 4.69) is 9.97 Å². The number of fused-ring (bicyclic) bond motifs is 2. The van der Waals surface area contributed by atoms with Crippen LogP contribution in [0.3, 0.4) is 0 Å². The maximum Gasteiger partial charge on any atom is 0.355 e. The first kappa shape index (κ1) is 29.9. The van der Waals surface area contributed by atoms with Gasteiger partial charge in [-0.25, -0.2) is 14.8 Å². The molecule has 40 heavy (non-hydrogen) atoms. The molecule has 0 aliphatic rings. The van der Waals surface area contributed by atoms with Gasteiger partial charge < -0.3 is 10.8 Å². The van der Waals surface area contributed by atoms with Gasteiger partial charge in [0.1, 0.15) is 28.4 Å². The van der Waals surface area contributed by atoms with Gasteiger partial charge in [0.15, 0.2) is 5.69 Å². The monoisotopic (exact) mass is 575 g/mol. The molecule has 2 aromatic carbocycles. The summed E-state index contributed by atoms with van der Waals surface area (Å²) in [5, 5.41) is 10.4. The second-order valence-corrected chi connectivity index (χ2v) is 8.92. The van der Waals surface area contributed by atoms with Crippen LogP contribution in [-0.2, 0) is 0 Å². The molecular weight excluding hydrogens is 549 g/mol. The van der Waals surface area contributed by atoms with E-state index in [9.17, 15) is 14.7 Å². The standard InChI is InChI=1S/C14H10ClN3O.C14H9ClN2O2.2CH4/c15-10-6-2-1-5-9(10)12-13(14(16)19)18-8-4-3-7-11(18)17-12;15-10-6-2-1-5-9(10)12-13(14(18)19)17-8-4-3-7-11(17)16-12;;/h1-8H,(H2,16,19);1-8H,(H,18,19);2*1H4. The lowest BCUT2D eigenvalue weighted by Crippen LogP contribution is -2.14. The van der Waals surface area contributed by atoms with Gasteiger partial charge in [-0.05, 0) is 36.4 Å². The molecule has 0 fully saturated rings. The minimum Gasteiger partial charge on any atom is -0.476 e. The minimum atomic E-state index is -1.03. The Hall–Kier alpha value is -4.66. The molecule has 0 aliphatic carbocycles. The molecule has 10 heteroatoms. The van der Waals surface area contributed by atoms with Crippen LogP contribution in [0.2, 0.25) is 10.0 Å². The van der Waals surface area contributed by atoms with E-state index < -0.39 is 11.9 Å². The number of halogens is 2. The number of carbonyl (C=O) groups excluding carboxylic acids is 1. The van der Waals surface area contributed by atoms with Crippen molar-refractivity contribution in [3.05, 3.63) is 119 Å². The number of hydrogen-bond acceptors (Lipinski definition) is 4. The van der Waals surface area contributed by atoms with Crippen LogP contribution in [0.5, 0.6) is 0 Å². The number of pyridine rings is 2. The number of nitrogens with two attached hydrogens (primary N) is 1. The molecule has 4 aromatic heterocycles. The molecule has 0 aliphatic heterocycles. The van der Waals surface area contributed by atoms with E-state index in [0.29, 0.717) is 49.5 Å². The molecule has 0 radical (unpaired) electrons. The van der Waals surface area contributed by atoms with Crippen molar-refractivity contribution in [3.8, 4) is 22.5 Å². The number of carbonyl (C=O) groups is 2. The number of imidazole rings is 2. The second-order valence-electron chi connectivity index (χ2n) is 8.10. The number of rotatable bonds is 4. The van der Waals surface area contributed by atoms with Crippen LogP contribution in [0.1, 0.15) is 35.8 Å². The molecule has 6 rings (SSSR count). The highest BCUT2D eigenvalue weighted by molar-refractivity contribution is 6.33. The number of amides is 1. The van der Waals surface area contributed by atoms with E-state index in [1.165, 1.54) is 0 Å². The zero-order valence-corrected chi connectivity index (χ0v) is 21.1. The maximum absolute atomic E-state index is 11.7. The van der Waals surface area contributed by atoms with E-state index >= 15 is 0 Å². The lowest BCUT2D eigenvalue weighted by atomic mass is 10.1. The summed E-state index contributed by atoms with van der Waals surface area (Å²) in [6, 6.07) is 25.1. The number of benzene rings is 2. The Morgan fingerprint density at radius 3 is 1.48 bits per heavy atom. The van der Waals surface area contributed by atoms with Crippen LogP contribution < -0.4 is 5.73 Å². The predicted octanol–water partition coefficient (Wildman–Crippen LogP) is 7.38. The summed E-state index contributed by atoms with van der Waals surface area (Å²) in [5.74, 6) is -1.57. The Bertz CT molecular complexity index is 1690. The first-order valence-electron chi connectivity index (χ1n) is 11.3. The number of hydrogen-bond donors (Lipinski definition) is 2. The molecule has 0 atom stereocenters. The highest BCUT2D eigenvalue weighted by atomic mass is 35.5. The summed E-state index contributed by atoms with van der Waals surface area (Å²) >= 11 is 12.3. The molecular formula is C30H27Cl2N5O3. The van der Waals surface area contributed by atoms with Crippen molar-refractivity contribution in [2.24, 2.45) is 5.73 Å². The van der Waals surface area contributed by atoms with Gasteiger partial charge in [0.2, 0.25) is 0 Å². The van der Waals surface area contributed by atoms with Crippen LogP contribution in [0.25, 0.3) is 33.8 Å². The van der Waals surface area contributed by atoms with E-state index in [0.717, 1.165) is 0 Å². The van der Waals surface area contributed by atoms with Gasteiger partial charge in [0.25, 0.3) is 5.91 Å². The molecule has 0 unspecified atom stereocenters. The zero-order chi connectivity index (χ0) is 26.8. The van der Waals surface area contributed by atoms with Gasteiger partial charge >= 0.3 is 5.97 Å². The van der Waals surface area contributed by atoms with Crippen LogP contribution in [0.15, 0.2) is 97.3 Å². The molecule has 3 N–H and O–H groups in total. The average Bonchev–Trinajstić information content (AvgIpc) is 3.49. The summed E-state index contributed by atoms with van der Waals surface area (Å²) in [4.78, 5) is 32.0. The van der Waals surface area contributed by atoms with Gasteiger partial charge in [-0.2, -0.15) is 0 Å². The Kier molecular flexibility index (Phi) is 9.31. The van der Waals surface area contributed by atoms with Crippen molar-refractivity contribution in [3.63, 3.8) is 0 Å². The Balaban J connectivity index is 0.000000210. The predicted molar refractivity (Wildman–Crippen MR) is 160 cm³/mol. The van der Waals surface area contributed by atoms with Crippen LogP contribution in [0, 0.1) is 0 Å². The van der Waals surface area contributed by atoms with Crippen LogP contribution in [0.4, 0.5) is 0 Å².